The summed E-state index contributed by atoms with van der Waals surface area (Å²) >= 11 is 3.07. The molecule has 3 fully saturated rings. The highest BCUT2D eigenvalue weighted by Gasteiger charge is 2.40. The van der Waals surface area contributed by atoms with Crippen LogP contribution in [0, 0.1) is 0 Å². The molecule has 0 radical (unpaired) electrons. The van der Waals surface area contributed by atoms with Crippen molar-refractivity contribution in [3.63, 3.8) is 0 Å². The van der Waals surface area contributed by atoms with Crippen molar-refractivity contribution in [2.75, 3.05) is 18.0 Å². The standard InChI is InChI=1S/C18H15BrF3N5O2/c1-25-16(28)12-8-27(14-3-2-9(19)4-13(14)18(20,21)22)24-15(12)23-17(25)26-6-10-5-11(7-26)29-10/h2-4,8,10-11H,5-7H2,1H3. The molecule has 3 aliphatic heterocycles. The second-order valence-electron chi connectivity index (χ2n) is 7.27. The summed E-state index contributed by atoms with van der Waals surface area (Å²) in [7, 11) is 1.60. The van der Waals surface area contributed by atoms with E-state index in [1.807, 2.05) is 4.90 Å². The van der Waals surface area contributed by atoms with E-state index in [0.717, 1.165) is 17.2 Å². The predicted molar refractivity (Wildman–Crippen MR) is 102 cm³/mol. The highest BCUT2D eigenvalue weighted by molar-refractivity contribution is 9.10. The Bertz CT molecular complexity index is 1170. The molecule has 0 amide bonds. The quantitative estimate of drug-likeness (QED) is 0.577. The SMILES string of the molecule is Cn1c(N2CC3CC(C2)O3)nc2nn(-c3ccc(Br)cc3C(F)(F)F)cc2c1=O. The van der Waals surface area contributed by atoms with Crippen LogP contribution >= 0.6 is 15.9 Å². The van der Waals surface area contributed by atoms with E-state index >= 15 is 0 Å². The molecule has 11 heteroatoms. The number of piperidine rings is 1. The largest absolute Gasteiger partial charge is 0.418 e. The van der Waals surface area contributed by atoms with E-state index in [1.54, 1.807) is 7.05 Å². The number of alkyl halides is 3. The van der Waals surface area contributed by atoms with Crippen LogP contribution in [0.15, 0.2) is 33.7 Å². The van der Waals surface area contributed by atoms with Crippen molar-refractivity contribution < 1.29 is 17.9 Å². The fourth-order valence-electron chi connectivity index (χ4n) is 3.90. The maximum Gasteiger partial charge on any atom is 0.418 e. The number of aromatic nitrogens is 4. The normalized spacial score (nSPS) is 21.5. The molecule has 152 valence electrons. The maximum atomic E-state index is 13.5. The topological polar surface area (TPSA) is 65.2 Å². The first kappa shape index (κ1) is 18.6. The van der Waals surface area contributed by atoms with Gasteiger partial charge in [-0.2, -0.15) is 18.2 Å². The van der Waals surface area contributed by atoms with E-state index in [9.17, 15) is 18.0 Å². The molecule has 0 spiro atoms. The van der Waals surface area contributed by atoms with Crippen molar-refractivity contribution in [1.82, 2.24) is 19.3 Å². The first-order valence-corrected chi connectivity index (χ1v) is 9.74. The summed E-state index contributed by atoms with van der Waals surface area (Å²) in [5.74, 6) is 0.442. The molecule has 2 bridgehead atoms. The number of fused-ring (bicyclic) bond motifs is 3. The fourth-order valence-corrected chi connectivity index (χ4v) is 4.26. The van der Waals surface area contributed by atoms with Gasteiger partial charge in [-0.3, -0.25) is 9.36 Å². The molecule has 3 saturated heterocycles. The lowest BCUT2D eigenvalue weighted by molar-refractivity contribution is -0.137. The van der Waals surface area contributed by atoms with Gasteiger partial charge in [-0.15, -0.1) is 5.10 Å². The average Bonchev–Trinajstić information content (AvgIpc) is 3.07. The van der Waals surface area contributed by atoms with Crippen molar-refractivity contribution in [1.29, 1.82) is 0 Å². The Morgan fingerprint density at radius 1 is 1.24 bits per heavy atom. The number of nitrogens with zero attached hydrogens (tertiary/aromatic N) is 5. The van der Waals surface area contributed by atoms with Gasteiger partial charge in [-0.05, 0) is 18.2 Å². The summed E-state index contributed by atoms with van der Waals surface area (Å²) in [5.41, 5.74) is -1.28. The minimum absolute atomic E-state index is 0.110. The predicted octanol–water partition coefficient (Wildman–Crippen LogP) is 2.88. The van der Waals surface area contributed by atoms with Crippen LogP contribution in [0.25, 0.3) is 16.7 Å². The summed E-state index contributed by atoms with van der Waals surface area (Å²) < 4.78 is 48.9. The molecule has 0 aliphatic carbocycles. The minimum Gasteiger partial charge on any atom is -0.371 e. The first-order chi connectivity index (χ1) is 13.7. The number of halogens is 4. The van der Waals surface area contributed by atoms with E-state index < -0.39 is 11.7 Å². The number of ether oxygens (including phenoxy) is 1. The van der Waals surface area contributed by atoms with E-state index in [2.05, 4.69) is 26.0 Å². The van der Waals surface area contributed by atoms with Crippen molar-refractivity contribution in [2.45, 2.75) is 24.8 Å². The van der Waals surface area contributed by atoms with Crippen LogP contribution in [-0.2, 0) is 18.0 Å². The number of morpholine rings is 1. The second kappa shape index (κ2) is 6.30. The van der Waals surface area contributed by atoms with Gasteiger partial charge in [0.2, 0.25) is 5.95 Å². The Hall–Kier alpha value is -2.40. The monoisotopic (exact) mass is 469 g/mol. The number of hydrogen-bond donors (Lipinski definition) is 0. The van der Waals surface area contributed by atoms with E-state index in [0.29, 0.717) is 23.5 Å². The lowest BCUT2D eigenvalue weighted by Crippen LogP contribution is -2.58. The van der Waals surface area contributed by atoms with Crippen LogP contribution in [-0.4, -0.2) is 44.6 Å². The molecule has 1 aromatic carbocycles. The Morgan fingerprint density at radius 3 is 2.59 bits per heavy atom. The number of anilines is 1. The van der Waals surface area contributed by atoms with E-state index in [4.69, 9.17) is 4.74 Å². The van der Waals surface area contributed by atoms with Crippen molar-refractivity contribution in [3.05, 3.63) is 44.8 Å². The molecule has 0 N–H and O–H groups in total. The highest BCUT2D eigenvalue weighted by Crippen LogP contribution is 2.36. The summed E-state index contributed by atoms with van der Waals surface area (Å²) in [6, 6.07) is 3.78. The van der Waals surface area contributed by atoms with Gasteiger partial charge in [0, 0.05) is 37.2 Å². The summed E-state index contributed by atoms with van der Waals surface area (Å²) in [6.07, 6.45) is -2.04. The molecule has 3 aliphatic rings. The van der Waals surface area contributed by atoms with Crippen LogP contribution in [0.4, 0.5) is 19.1 Å². The van der Waals surface area contributed by atoms with Gasteiger partial charge in [-0.1, -0.05) is 15.9 Å². The Labute approximate surface area is 170 Å². The van der Waals surface area contributed by atoms with Gasteiger partial charge >= 0.3 is 6.18 Å². The summed E-state index contributed by atoms with van der Waals surface area (Å²) in [5, 5.41) is 4.35. The van der Waals surface area contributed by atoms with Crippen LogP contribution in [0.2, 0.25) is 0 Å². The molecule has 29 heavy (non-hydrogen) atoms. The highest BCUT2D eigenvalue weighted by atomic mass is 79.9. The summed E-state index contributed by atoms with van der Waals surface area (Å²) in [4.78, 5) is 19.3. The van der Waals surface area contributed by atoms with Crippen LogP contribution in [0.1, 0.15) is 12.0 Å². The van der Waals surface area contributed by atoms with Gasteiger partial charge < -0.3 is 9.64 Å². The zero-order chi connectivity index (χ0) is 20.5. The third kappa shape index (κ3) is 3.03. The summed E-state index contributed by atoms with van der Waals surface area (Å²) in [6.45, 7) is 1.24. The van der Waals surface area contributed by atoms with Gasteiger partial charge in [0.25, 0.3) is 5.56 Å². The molecule has 3 aromatic rings. The van der Waals surface area contributed by atoms with Crippen LogP contribution < -0.4 is 10.5 Å². The third-order valence-corrected chi connectivity index (χ3v) is 5.78. The second-order valence-corrected chi connectivity index (χ2v) is 8.18. The first-order valence-electron chi connectivity index (χ1n) is 8.94. The van der Waals surface area contributed by atoms with Gasteiger partial charge in [-0.25, -0.2) is 4.68 Å². The molecule has 0 saturated carbocycles. The smallest absolute Gasteiger partial charge is 0.371 e. The lowest BCUT2D eigenvalue weighted by atomic mass is 9.99. The van der Waals surface area contributed by atoms with Crippen molar-refractivity contribution in [2.24, 2.45) is 7.05 Å². The minimum atomic E-state index is -4.57. The fraction of sp³-hybridized carbons (Fsp3) is 0.389. The Balaban J connectivity index is 1.64. The zero-order valence-electron chi connectivity index (χ0n) is 15.1. The van der Waals surface area contributed by atoms with Crippen LogP contribution in [0.5, 0.6) is 0 Å². The zero-order valence-corrected chi connectivity index (χ0v) is 16.7. The number of rotatable bonds is 2. The molecule has 5 heterocycles. The average molecular weight is 470 g/mol. The number of benzene rings is 1. The maximum absolute atomic E-state index is 13.5. The van der Waals surface area contributed by atoms with E-state index in [1.165, 1.54) is 22.9 Å². The lowest BCUT2D eigenvalue weighted by Gasteiger charge is -2.47. The molecule has 6 rings (SSSR count). The van der Waals surface area contributed by atoms with Crippen molar-refractivity contribution >= 4 is 32.9 Å². The van der Waals surface area contributed by atoms with Crippen LogP contribution in [0.3, 0.4) is 0 Å². The van der Waals surface area contributed by atoms with Gasteiger partial charge in [0.1, 0.15) is 5.39 Å². The molecular formula is C18H15BrF3N5O2. The number of hydrogen-bond acceptors (Lipinski definition) is 5. The van der Waals surface area contributed by atoms with Crippen molar-refractivity contribution in [3.8, 4) is 5.69 Å². The molecular weight excluding hydrogens is 455 g/mol. The Kier molecular flexibility index (Phi) is 4.04. The molecule has 2 unspecified atom stereocenters. The molecule has 2 aromatic heterocycles. The third-order valence-electron chi connectivity index (χ3n) is 5.29. The van der Waals surface area contributed by atoms with Gasteiger partial charge in [0.05, 0.1) is 23.5 Å². The molecule has 2 atom stereocenters. The van der Waals surface area contributed by atoms with Gasteiger partial charge in [0.15, 0.2) is 5.65 Å². The van der Waals surface area contributed by atoms with E-state index in [-0.39, 0.29) is 34.5 Å². The Morgan fingerprint density at radius 2 is 1.93 bits per heavy atom. The molecule has 7 nitrogen and oxygen atoms in total.